The van der Waals surface area contributed by atoms with E-state index >= 15 is 0 Å². The fourth-order valence-electron chi connectivity index (χ4n) is 3.21. The predicted octanol–water partition coefficient (Wildman–Crippen LogP) is 3.30. The third kappa shape index (κ3) is 4.25. The molecule has 0 spiro atoms. The fourth-order valence-corrected chi connectivity index (χ4v) is 3.21. The molecule has 0 aromatic heterocycles. The first kappa shape index (κ1) is 15.4. The lowest BCUT2D eigenvalue weighted by Gasteiger charge is -2.29. The molecule has 1 aliphatic carbocycles. The predicted molar refractivity (Wildman–Crippen MR) is 75.7 cm³/mol. The minimum absolute atomic E-state index is 0.133. The van der Waals surface area contributed by atoms with Crippen molar-refractivity contribution in [3.8, 4) is 0 Å². The van der Waals surface area contributed by atoms with Crippen molar-refractivity contribution < 1.29 is 13.5 Å². The average molecular weight is 283 g/mol. The van der Waals surface area contributed by atoms with Crippen LogP contribution in [0.25, 0.3) is 0 Å². The maximum Gasteiger partial charge on any atom is 0.126 e. The first-order valence-corrected chi connectivity index (χ1v) is 7.28. The second-order valence-corrected chi connectivity index (χ2v) is 5.83. The Hall–Kier alpha value is -1.00. The molecule has 1 fully saturated rings. The molecule has 1 aromatic carbocycles. The minimum Gasteiger partial charge on any atom is -0.383 e. The molecule has 1 aliphatic rings. The molecular weight excluding hydrogens is 260 g/mol. The summed E-state index contributed by atoms with van der Waals surface area (Å²) in [6.07, 6.45) is 5.37. The fraction of sp³-hybridized carbons (Fsp3) is 0.625. The molecule has 1 saturated carbocycles. The Morgan fingerprint density at radius 1 is 1.15 bits per heavy atom. The Kier molecular flexibility index (Phi) is 5.49. The summed E-state index contributed by atoms with van der Waals surface area (Å²) in [5.74, 6) is -0.971. The Labute approximate surface area is 119 Å². The number of hydrogen-bond acceptors (Lipinski definition) is 2. The summed E-state index contributed by atoms with van der Waals surface area (Å²) in [7, 11) is 1.68. The van der Waals surface area contributed by atoms with Crippen molar-refractivity contribution in [1.29, 1.82) is 0 Å². The van der Waals surface area contributed by atoms with Crippen LogP contribution in [-0.4, -0.2) is 26.8 Å². The van der Waals surface area contributed by atoms with Crippen LogP contribution in [0.4, 0.5) is 8.78 Å². The Balaban J connectivity index is 2.00. The van der Waals surface area contributed by atoms with Crippen LogP contribution in [-0.2, 0) is 11.2 Å². The van der Waals surface area contributed by atoms with Gasteiger partial charge in [0, 0.05) is 26.3 Å². The van der Waals surface area contributed by atoms with Gasteiger partial charge >= 0.3 is 0 Å². The smallest absolute Gasteiger partial charge is 0.126 e. The van der Waals surface area contributed by atoms with E-state index in [4.69, 9.17) is 4.74 Å². The van der Waals surface area contributed by atoms with Crippen molar-refractivity contribution in [2.45, 2.75) is 32.1 Å². The van der Waals surface area contributed by atoms with E-state index in [-0.39, 0.29) is 5.41 Å². The molecule has 0 unspecified atom stereocenters. The molecule has 0 amide bonds. The average Bonchev–Trinajstić information content (AvgIpc) is 2.82. The summed E-state index contributed by atoms with van der Waals surface area (Å²) < 4.78 is 31.6. The number of halogens is 2. The van der Waals surface area contributed by atoms with Gasteiger partial charge in [-0.25, -0.2) is 8.78 Å². The third-order valence-corrected chi connectivity index (χ3v) is 4.15. The molecular formula is C16H23F2NO. The number of rotatable bonds is 7. The summed E-state index contributed by atoms with van der Waals surface area (Å²) in [5.41, 5.74) is 0.895. The van der Waals surface area contributed by atoms with Crippen LogP contribution < -0.4 is 5.32 Å². The quantitative estimate of drug-likeness (QED) is 0.775. The number of hydrogen-bond donors (Lipinski definition) is 1. The maximum absolute atomic E-state index is 13.3. The molecule has 0 atom stereocenters. The molecule has 0 bridgehead atoms. The SMILES string of the molecule is COCCNCC1(Cc2cc(F)cc(F)c2)CCCC1. The van der Waals surface area contributed by atoms with Gasteiger partial charge in [-0.1, -0.05) is 12.8 Å². The molecule has 0 saturated heterocycles. The second kappa shape index (κ2) is 7.14. The zero-order valence-electron chi connectivity index (χ0n) is 12.1. The van der Waals surface area contributed by atoms with E-state index in [2.05, 4.69) is 5.32 Å². The van der Waals surface area contributed by atoms with E-state index in [0.29, 0.717) is 6.61 Å². The van der Waals surface area contributed by atoms with Crippen molar-refractivity contribution >= 4 is 0 Å². The number of methoxy groups -OCH3 is 1. The van der Waals surface area contributed by atoms with E-state index < -0.39 is 11.6 Å². The molecule has 2 nitrogen and oxygen atoms in total. The third-order valence-electron chi connectivity index (χ3n) is 4.15. The molecule has 0 heterocycles. The van der Waals surface area contributed by atoms with Crippen molar-refractivity contribution in [3.63, 3.8) is 0 Å². The highest BCUT2D eigenvalue weighted by Crippen LogP contribution is 2.40. The van der Waals surface area contributed by atoms with Crippen LogP contribution in [0.15, 0.2) is 18.2 Å². The van der Waals surface area contributed by atoms with Crippen LogP contribution >= 0.6 is 0 Å². The summed E-state index contributed by atoms with van der Waals surface area (Å²) in [6, 6.07) is 3.85. The number of benzene rings is 1. The maximum atomic E-state index is 13.3. The lowest BCUT2D eigenvalue weighted by molar-refractivity contribution is 0.189. The first-order chi connectivity index (χ1) is 9.63. The largest absolute Gasteiger partial charge is 0.383 e. The van der Waals surface area contributed by atoms with Gasteiger partial charge in [0.25, 0.3) is 0 Å². The molecule has 4 heteroatoms. The highest BCUT2D eigenvalue weighted by Gasteiger charge is 2.33. The van der Waals surface area contributed by atoms with Gasteiger partial charge < -0.3 is 10.1 Å². The summed E-state index contributed by atoms with van der Waals surface area (Å²) in [6.45, 7) is 2.38. The van der Waals surface area contributed by atoms with Gasteiger partial charge in [0.05, 0.1) is 6.61 Å². The molecule has 112 valence electrons. The molecule has 0 aliphatic heterocycles. The monoisotopic (exact) mass is 283 g/mol. The lowest BCUT2D eigenvalue weighted by atomic mass is 9.80. The first-order valence-electron chi connectivity index (χ1n) is 7.28. The number of ether oxygens (including phenoxy) is 1. The molecule has 0 radical (unpaired) electrons. The van der Waals surface area contributed by atoms with Gasteiger partial charge in [0.2, 0.25) is 0 Å². The normalized spacial score (nSPS) is 17.6. The van der Waals surface area contributed by atoms with Gasteiger partial charge in [-0.05, 0) is 42.4 Å². The zero-order valence-corrected chi connectivity index (χ0v) is 12.1. The summed E-state index contributed by atoms with van der Waals surface area (Å²) >= 11 is 0. The van der Waals surface area contributed by atoms with E-state index in [9.17, 15) is 8.78 Å². The Morgan fingerprint density at radius 3 is 2.40 bits per heavy atom. The highest BCUT2D eigenvalue weighted by atomic mass is 19.1. The van der Waals surface area contributed by atoms with Gasteiger partial charge in [0.1, 0.15) is 11.6 Å². The van der Waals surface area contributed by atoms with Crippen LogP contribution in [0.2, 0.25) is 0 Å². The van der Waals surface area contributed by atoms with Crippen LogP contribution in [0.3, 0.4) is 0 Å². The molecule has 2 rings (SSSR count). The van der Waals surface area contributed by atoms with Gasteiger partial charge in [-0.2, -0.15) is 0 Å². The van der Waals surface area contributed by atoms with Crippen molar-refractivity contribution in [1.82, 2.24) is 5.32 Å². The zero-order chi connectivity index (χ0) is 14.4. The van der Waals surface area contributed by atoms with E-state index in [1.807, 2.05) is 0 Å². The van der Waals surface area contributed by atoms with Crippen LogP contribution in [0.1, 0.15) is 31.2 Å². The van der Waals surface area contributed by atoms with Crippen molar-refractivity contribution in [2.75, 3.05) is 26.8 Å². The van der Waals surface area contributed by atoms with E-state index in [0.717, 1.165) is 44.0 Å². The van der Waals surface area contributed by atoms with Gasteiger partial charge in [0.15, 0.2) is 0 Å². The van der Waals surface area contributed by atoms with Crippen LogP contribution in [0, 0.1) is 17.0 Å². The lowest BCUT2D eigenvalue weighted by Crippen LogP contribution is -2.35. The second-order valence-electron chi connectivity index (χ2n) is 5.83. The summed E-state index contributed by atoms with van der Waals surface area (Å²) in [4.78, 5) is 0. The van der Waals surface area contributed by atoms with Crippen LogP contribution in [0.5, 0.6) is 0 Å². The Morgan fingerprint density at radius 2 is 1.80 bits per heavy atom. The topological polar surface area (TPSA) is 21.3 Å². The highest BCUT2D eigenvalue weighted by molar-refractivity contribution is 5.20. The molecule has 1 aromatic rings. The van der Waals surface area contributed by atoms with Crippen molar-refractivity contribution in [3.05, 3.63) is 35.4 Å². The minimum atomic E-state index is -0.486. The number of nitrogens with one attached hydrogen (secondary N) is 1. The van der Waals surface area contributed by atoms with E-state index in [1.54, 1.807) is 7.11 Å². The molecule has 20 heavy (non-hydrogen) atoms. The standard InChI is InChI=1S/C16H23F2NO/c1-20-7-6-19-12-16(4-2-3-5-16)11-13-8-14(17)10-15(18)9-13/h8-10,19H,2-7,11-12H2,1H3. The van der Waals surface area contributed by atoms with Gasteiger partial charge in [-0.3, -0.25) is 0 Å². The Bertz CT molecular complexity index is 410. The van der Waals surface area contributed by atoms with E-state index in [1.165, 1.54) is 25.0 Å². The van der Waals surface area contributed by atoms with Gasteiger partial charge in [-0.15, -0.1) is 0 Å². The van der Waals surface area contributed by atoms with Crippen molar-refractivity contribution in [2.24, 2.45) is 5.41 Å². The molecule has 1 N–H and O–H groups in total. The summed E-state index contributed by atoms with van der Waals surface area (Å²) in [5, 5.41) is 3.41.